The van der Waals surface area contributed by atoms with E-state index in [0.29, 0.717) is 11.2 Å². The van der Waals surface area contributed by atoms with E-state index >= 15 is 0 Å². The summed E-state index contributed by atoms with van der Waals surface area (Å²) < 4.78 is 63.3. The average molecular weight is 508 g/mol. The molecule has 0 N–H and O–H groups in total. The fraction of sp³-hybridized carbons (Fsp3) is 0.300. The molecular weight excluding hydrogens is 487 g/mol. The van der Waals surface area contributed by atoms with Gasteiger partial charge in [-0.05, 0) is 50.5 Å². The number of fused-ring (bicyclic) bond motifs is 1. The summed E-state index contributed by atoms with van der Waals surface area (Å²) in [7, 11) is 0.108. The molecule has 2 aromatic carbocycles. The van der Waals surface area contributed by atoms with Crippen molar-refractivity contribution in [3.63, 3.8) is 0 Å². The zero-order valence-electron chi connectivity index (χ0n) is 17.4. The minimum atomic E-state index is -4.50. The Bertz CT molecular complexity index is 1210. The Labute approximate surface area is 194 Å². The number of aromatic nitrogens is 1. The summed E-state index contributed by atoms with van der Waals surface area (Å²) in [6, 6.07) is 8.73. The Balaban J connectivity index is 0.00000363. The second-order valence-electron chi connectivity index (χ2n) is 7.21. The van der Waals surface area contributed by atoms with Crippen LogP contribution < -0.4 is 4.90 Å². The van der Waals surface area contributed by atoms with Gasteiger partial charge < -0.3 is 4.90 Å². The van der Waals surface area contributed by atoms with Gasteiger partial charge in [-0.2, -0.15) is 13.2 Å². The highest BCUT2D eigenvalue weighted by Gasteiger charge is 2.31. The molecule has 0 saturated carbocycles. The van der Waals surface area contributed by atoms with Gasteiger partial charge in [0.25, 0.3) is 5.91 Å². The van der Waals surface area contributed by atoms with Crippen LogP contribution in [-0.2, 0) is 16.0 Å². The van der Waals surface area contributed by atoms with Crippen molar-refractivity contribution in [1.82, 2.24) is 9.88 Å². The Kier molecular flexibility index (Phi) is 7.92. The quantitative estimate of drug-likeness (QED) is 0.496. The normalized spacial score (nSPS) is 12.1. The predicted octanol–water partition coefficient (Wildman–Crippen LogP) is 4.35. The van der Waals surface area contributed by atoms with Gasteiger partial charge in [0.05, 0.1) is 15.2 Å². The molecule has 1 aromatic heterocycles. The van der Waals surface area contributed by atoms with Crippen LogP contribution in [0.2, 0.25) is 0 Å². The van der Waals surface area contributed by atoms with Crippen molar-refractivity contribution < 1.29 is 26.4 Å². The largest absolute Gasteiger partial charge is 0.416 e. The SMILES string of the molecule is CN(C)CCN(C(=O)c1ccc(C(F)(F)F)cc1)c1nc2c(S(C)(=O)=O)cccc2s1.Cl. The first-order valence-corrected chi connectivity index (χ1v) is 11.8. The highest BCUT2D eigenvalue weighted by molar-refractivity contribution is 7.91. The Hall–Kier alpha value is -2.21. The molecule has 0 aliphatic rings. The van der Waals surface area contributed by atoms with Crippen LogP contribution in [0.5, 0.6) is 0 Å². The lowest BCUT2D eigenvalue weighted by Crippen LogP contribution is -2.36. The lowest BCUT2D eigenvalue weighted by molar-refractivity contribution is -0.137. The van der Waals surface area contributed by atoms with E-state index in [1.807, 2.05) is 19.0 Å². The number of thiazole rings is 1. The molecular formula is C20H21ClF3N3O3S2. The van der Waals surface area contributed by atoms with Gasteiger partial charge in [0.2, 0.25) is 0 Å². The molecule has 1 amide bonds. The van der Waals surface area contributed by atoms with Crippen LogP contribution in [0.15, 0.2) is 47.4 Å². The molecule has 0 bridgehead atoms. The molecule has 0 atom stereocenters. The van der Waals surface area contributed by atoms with Crippen molar-refractivity contribution in [2.75, 3.05) is 38.3 Å². The molecule has 0 saturated heterocycles. The second-order valence-corrected chi connectivity index (χ2v) is 10.2. The van der Waals surface area contributed by atoms with Gasteiger partial charge in [0.1, 0.15) is 5.52 Å². The summed E-state index contributed by atoms with van der Waals surface area (Å²) in [6.45, 7) is 0.697. The van der Waals surface area contributed by atoms with Gasteiger partial charge in [-0.1, -0.05) is 17.4 Å². The number of halogens is 4. The van der Waals surface area contributed by atoms with Gasteiger partial charge in [0, 0.05) is 24.9 Å². The predicted molar refractivity (Wildman–Crippen MR) is 122 cm³/mol. The number of hydrogen-bond acceptors (Lipinski definition) is 6. The highest BCUT2D eigenvalue weighted by atomic mass is 35.5. The fourth-order valence-electron chi connectivity index (χ4n) is 2.87. The van der Waals surface area contributed by atoms with Crippen molar-refractivity contribution in [3.05, 3.63) is 53.6 Å². The number of carbonyl (C=O) groups is 1. The van der Waals surface area contributed by atoms with Gasteiger partial charge >= 0.3 is 6.18 Å². The number of para-hydroxylation sites is 1. The minimum absolute atomic E-state index is 0. The second kappa shape index (κ2) is 9.74. The van der Waals surface area contributed by atoms with Crippen LogP contribution in [0.3, 0.4) is 0 Å². The number of benzene rings is 2. The maximum absolute atomic E-state index is 13.2. The minimum Gasteiger partial charge on any atom is -0.308 e. The van der Waals surface area contributed by atoms with Gasteiger partial charge in [-0.15, -0.1) is 12.4 Å². The fourth-order valence-corrected chi connectivity index (χ4v) is 4.78. The van der Waals surface area contributed by atoms with Crippen molar-refractivity contribution in [1.29, 1.82) is 0 Å². The molecule has 3 aromatic rings. The van der Waals surface area contributed by atoms with E-state index < -0.39 is 27.5 Å². The molecule has 0 aliphatic heterocycles. The molecule has 1 heterocycles. The highest BCUT2D eigenvalue weighted by Crippen LogP contribution is 2.34. The van der Waals surface area contributed by atoms with Crippen molar-refractivity contribution in [2.24, 2.45) is 0 Å². The maximum Gasteiger partial charge on any atom is 0.416 e. The number of alkyl halides is 3. The number of sulfone groups is 1. The van der Waals surface area contributed by atoms with E-state index in [1.54, 1.807) is 12.1 Å². The zero-order chi connectivity index (χ0) is 23.0. The summed E-state index contributed by atoms with van der Waals surface area (Å²) in [5, 5.41) is 0.276. The third-order valence-electron chi connectivity index (χ3n) is 4.48. The molecule has 0 fully saturated rings. The van der Waals surface area contributed by atoms with E-state index in [-0.39, 0.29) is 40.1 Å². The van der Waals surface area contributed by atoms with Gasteiger partial charge in [-0.3, -0.25) is 9.69 Å². The first-order valence-electron chi connectivity index (χ1n) is 9.11. The lowest BCUT2D eigenvalue weighted by Gasteiger charge is -2.22. The van der Waals surface area contributed by atoms with Gasteiger partial charge in [-0.25, -0.2) is 13.4 Å². The summed E-state index contributed by atoms with van der Waals surface area (Å²) in [6.07, 6.45) is -3.42. The van der Waals surface area contributed by atoms with E-state index in [1.165, 1.54) is 11.0 Å². The summed E-state index contributed by atoms with van der Waals surface area (Å²) in [5.41, 5.74) is -0.504. The van der Waals surface area contributed by atoms with Gasteiger partial charge in [0.15, 0.2) is 15.0 Å². The van der Waals surface area contributed by atoms with Crippen LogP contribution in [-0.4, -0.2) is 57.6 Å². The smallest absolute Gasteiger partial charge is 0.308 e. The van der Waals surface area contributed by atoms with E-state index in [0.717, 1.165) is 41.9 Å². The lowest BCUT2D eigenvalue weighted by atomic mass is 10.1. The van der Waals surface area contributed by atoms with Crippen LogP contribution in [0, 0.1) is 0 Å². The molecule has 32 heavy (non-hydrogen) atoms. The molecule has 12 heteroatoms. The molecule has 0 spiro atoms. The molecule has 6 nitrogen and oxygen atoms in total. The van der Waals surface area contributed by atoms with E-state index in [2.05, 4.69) is 4.98 Å². The van der Waals surface area contributed by atoms with E-state index in [4.69, 9.17) is 0 Å². The number of nitrogens with zero attached hydrogens (tertiary/aromatic N) is 3. The van der Waals surface area contributed by atoms with E-state index in [9.17, 15) is 26.4 Å². The Morgan fingerprint density at radius 2 is 1.69 bits per heavy atom. The standard InChI is InChI=1S/C20H20F3N3O3S2.ClH/c1-25(2)11-12-26(18(27)13-7-9-14(10-8-13)20(21,22)23)19-24-17-15(30-19)5-4-6-16(17)31(3,28)29;/h4-10H,11-12H2,1-3H3;1H. The van der Waals surface area contributed by atoms with Crippen LogP contribution >= 0.6 is 23.7 Å². The monoisotopic (exact) mass is 507 g/mol. The third-order valence-corrected chi connectivity index (χ3v) is 6.65. The molecule has 174 valence electrons. The number of likely N-dealkylation sites (N-methyl/N-ethyl adjacent to an activating group) is 1. The molecule has 0 unspecified atom stereocenters. The summed E-state index contributed by atoms with van der Waals surface area (Å²) in [4.78, 5) is 20.8. The molecule has 0 aliphatic carbocycles. The Morgan fingerprint density at radius 3 is 2.22 bits per heavy atom. The molecule has 3 rings (SSSR count). The zero-order valence-corrected chi connectivity index (χ0v) is 19.8. The first-order chi connectivity index (χ1) is 14.4. The van der Waals surface area contributed by atoms with Crippen molar-refractivity contribution >= 4 is 54.8 Å². The third kappa shape index (κ3) is 5.77. The number of amides is 1. The average Bonchev–Trinajstić information content (AvgIpc) is 3.10. The summed E-state index contributed by atoms with van der Waals surface area (Å²) >= 11 is 1.15. The first kappa shape index (κ1) is 26.0. The number of hydrogen-bond donors (Lipinski definition) is 0. The summed E-state index contributed by atoms with van der Waals surface area (Å²) in [5.74, 6) is -0.518. The number of carbonyl (C=O) groups excluding carboxylic acids is 1. The maximum atomic E-state index is 13.2. The van der Waals surface area contributed by atoms with Crippen molar-refractivity contribution in [3.8, 4) is 0 Å². The molecule has 0 radical (unpaired) electrons. The van der Waals surface area contributed by atoms with Crippen molar-refractivity contribution in [2.45, 2.75) is 11.1 Å². The van der Waals surface area contributed by atoms with Crippen LogP contribution in [0.1, 0.15) is 15.9 Å². The number of rotatable bonds is 6. The Morgan fingerprint density at radius 1 is 1.06 bits per heavy atom. The van der Waals surface area contributed by atoms with Crippen LogP contribution in [0.25, 0.3) is 10.2 Å². The number of anilines is 1. The topological polar surface area (TPSA) is 70.6 Å². The van der Waals surface area contributed by atoms with Crippen LogP contribution in [0.4, 0.5) is 18.3 Å².